The highest BCUT2D eigenvalue weighted by Crippen LogP contribution is 2.43. The molecule has 47 heteroatoms. The van der Waals surface area contributed by atoms with Crippen molar-refractivity contribution in [3.63, 3.8) is 0 Å². The summed E-state index contributed by atoms with van der Waals surface area (Å²) in [6.07, 6.45) is 12.9. The third-order valence-electron chi connectivity index (χ3n) is 21.8. The number of ether oxygens (including phenoxy) is 6. The summed E-state index contributed by atoms with van der Waals surface area (Å²) in [6, 6.07) is 37.9. The van der Waals surface area contributed by atoms with E-state index in [4.69, 9.17) is 57.1 Å². The molecule has 149 heavy (non-hydrogen) atoms. The zero-order valence-corrected chi connectivity index (χ0v) is 86.0. The number of carbonyl (C=O) groups is 5. The third kappa shape index (κ3) is 30.4. The molecule has 774 valence electrons. The number of anilines is 12. The second-order valence-corrected chi connectivity index (χ2v) is 39.4. The van der Waals surface area contributed by atoms with E-state index in [0.717, 1.165) is 136 Å². The molecule has 0 spiro atoms. The van der Waals surface area contributed by atoms with Gasteiger partial charge in [-0.3, -0.25) is 24.0 Å². The zero-order chi connectivity index (χ0) is 106. The molecular formula is C102H100F7N23O11S6. The second kappa shape index (κ2) is 49.9. The molecule has 19 rings (SSSR count). The lowest BCUT2D eigenvalue weighted by atomic mass is 10.1. The Kier molecular flexibility index (Phi) is 36.4. The van der Waals surface area contributed by atoms with Crippen molar-refractivity contribution in [2.75, 3.05) is 51.7 Å². The molecule has 0 aliphatic heterocycles. The highest BCUT2D eigenvalue weighted by Gasteiger charge is 2.28. The van der Waals surface area contributed by atoms with Crippen molar-refractivity contribution in [3.05, 3.63) is 249 Å². The van der Waals surface area contributed by atoms with Gasteiger partial charge in [-0.05, 0) is 252 Å². The molecule has 5 amide bonds. The number of primary amides is 5. The van der Waals surface area contributed by atoms with Gasteiger partial charge in [-0.25, -0.2) is 90.5 Å². The van der Waals surface area contributed by atoms with Crippen molar-refractivity contribution in [2.24, 2.45) is 28.7 Å². The van der Waals surface area contributed by atoms with Gasteiger partial charge in [0.15, 0.2) is 34.9 Å². The normalized spacial score (nSPS) is 12.1. The van der Waals surface area contributed by atoms with Gasteiger partial charge in [0.25, 0.3) is 0 Å². The maximum atomic E-state index is 13.5. The molecule has 6 aromatic carbocycles. The average molecular weight is 2150 g/mol. The van der Waals surface area contributed by atoms with E-state index in [-0.39, 0.29) is 66.5 Å². The second-order valence-electron chi connectivity index (χ2n) is 33.9. The lowest BCUT2D eigenvalue weighted by Gasteiger charge is -2.18. The molecule has 0 radical (unpaired) electrons. The van der Waals surface area contributed by atoms with E-state index in [1.54, 1.807) is 94.7 Å². The number of aromatic nitrogens is 12. The Morgan fingerprint density at radius 2 is 0.638 bits per heavy atom. The highest BCUT2D eigenvalue weighted by molar-refractivity contribution is 7.19. The van der Waals surface area contributed by atoms with Gasteiger partial charge in [0.1, 0.15) is 78.3 Å². The number of thiophene rings is 6. The molecule has 12 aromatic heterocycles. The first-order valence-electron chi connectivity index (χ1n) is 46.1. The Bertz CT molecular complexity index is 7750. The van der Waals surface area contributed by atoms with Gasteiger partial charge in [0.2, 0.25) is 47.3 Å². The topological polar surface area (TPSA) is 498 Å². The number of hydrogen-bond acceptors (Lipinski definition) is 35. The smallest absolute Gasteiger partial charge is 0.248 e. The Hall–Kier alpha value is -16.0. The fraction of sp³-hybridized carbons (Fsp3) is 0.245. The Labute approximate surface area is 871 Å². The predicted molar refractivity (Wildman–Crippen MR) is 571 cm³/mol. The van der Waals surface area contributed by atoms with Gasteiger partial charge in [-0.1, -0.05) is 6.92 Å². The van der Waals surface area contributed by atoms with Crippen molar-refractivity contribution >= 4 is 228 Å². The summed E-state index contributed by atoms with van der Waals surface area (Å²) < 4.78 is 131. The number of rotatable bonds is 36. The van der Waals surface area contributed by atoms with Crippen LogP contribution in [0.5, 0.6) is 34.5 Å². The number of carbonyl (C=O) groups excluding carboxylic acids is 5. The van der Waals surface area contributed by atoms with Crippen LogP contribution in [-0.4, -0.2) is 145 Å². The fourth-order valence-electron chi connectivity index (χ4n) is 14.1. The molecule has 1 fully saturated rings. The first-order chi connectivity index (χ1) is 71.3. The quantitative estimate of drug-likeness (QED) is 0.0162. The molecule has 1 aliphatic rings. The number of fused-ring (bicyclic) bond motifs is 6. The van der Waals surface area contributed by atoms with Crippen molar-refractivity contribution in [2.45, 2.75) is 143 Å². The van der Waals surface area contributed by atoms with Crippen LogP contribution in [-0.2, 0) is 0 Å². The molecule has 1 aliphatic carbocycles. The van der Waals surface area contributed by atoms with E-state index < -0.39 is 72.4 Å². The van der Waals surface area contributed by atoms with E-state index >= 15 is 0 Å². The molecule has 1 atom stereocenters. The number of nitrogens with zero attached hydrogens (tertiary/aromatic N) is 12. The number of amides is 5. The van der Waals surface area contributed by atoms with Gasteiger partial charge in [0.05, 0.1) is 134 Å². The molecule has 34 nitrogen and oxygen atoms in total. The van der Waals surface area contributed by atoms with Gasteiger partial charge < -0.3 is 89.0 Å². The number of alkyl halides is 6. The van der Waals surface area contributed by atoms with E-state index in [2.05, 4.69) is 91.7 Å². The number of benzene rings is 6. The van der Waals surface area contributed by atoms with Crippen molar-refractivity contribution in [3.8, 4) is 34.5 Å². The summed E-state index contributed by atoms with van der Waals surface area (Å²) in [5, 5.41) is 30.8. The summed E-state index contributed by atoms with van der Waals surface area (Å²) in [7, 11) is 0. The lowest BCUT2D eigenvalue weighted by Crippen LogP contribution is -2.16. The summed E-state index contributed by atoms with van der Waals surface area (Å²) in [4.78, 5) is 108. The van der Waals surface area contributed by atoms with E-state index in [9.17, 15) is 54.7 Å². The van der Waals surface area contributed by atoms with E-state index in [1.165, 1.54) is 121 Å². The molecule has 16 N–H and O–H groups in total. The first-order valence-corrected chi connectivity index (χ1v) is 51.3. The first kappa shape index (κ1) is 109. The van der Waals surface area contributed by atoms with Crippen LogP contribution in [0.4, 0.5) is 99.8 Å². The van der Waals surface area contributed by atoms with Crippen molar-refractivity contribution in [1.29, 1.82) is 0 Å². The number of aryl methyl sites for hydroxylation is 1. The third-order valence-corrected chi connectivity index (χ3v) is 27.4. The SMILES string of the molecule is CC(C)Oc1cc(C(N)=O)ccc1Nc1ncnc2ccsc12.CC(F)(F)CCOc1cc(C(N)=O)ccc1Nc1ncnc2ccsc12.CC(F)(F)CCOc1cc(F)ccc1Nc1ncnc2ccsc12.CCC(C)Oc1cc(C(N)=O)ccc1Nc1ncnc2ccsc12.Cc1csc2c(Nc3ccc(C(N)=O)cc3OCCC(C)(F)F)ncnc12.NC(=O)c1ccc(Nc2ncnc3ccsc23)c(OC2CCCC2)c1. The van der Waals surface area contributed by atoms with Crippen LogP contribution in [0.2, 0.25) is 0 Å². The minimum Gasteiger partial charge on any atom is -0.491 e. The van der Waals surface area contributed by atoms with Crippen LogP contribution in [0.15, 0.2) is 210 Å². The van der Waals surface area contributed by atoms with Crippen LogP contribution in [0.1, 0.15) is 157 Å². The molecular weight excluding hydrogens is 2050 g/mol. The van der Waals surface area contributed by atoms with Crippen LogP contribution in [0, 0.1) is 12.7 Å². The van der Waals surface area contributed by atoms with E-state index in [0.29, 0.717) is 80.1 Å². The minimum atomic E-state index is -2.85. The standard InChI is InChI=1S/C18H18F2N4O2S.C18H18N4O2S.C17H16F2N4O2S.C17H18N4O2S.C16H14F3N3OS.C16H16N4O2S/c1-10-8-27-15-14(10)22-9-23-17(15)24-12-4-3-11(16(21)25)7-13(12)26-6-5-18(2,19)20;19-17(23)11-5-6-13(15(9-11)24-12-3-1-2-4-12)22-18-16-14(7-8-25-16)20-10-21-18;1-17(18,19)5-6-25-13-8-10(15(20)24)2-3-11(13)23-16-14-12(4-7-26-14)21-9-22-16;1-3-10(2)23-14-8-11(16(18)22)4-5-12(14)21-17-15-13(6-7-24-15)19-9-20-17;1-16(18,19)5-6-23-13-8-10(17)2-3-11(13)22-15-14-12(4-7-24-14)20-9-21-15;1-9(2)22-13-7-10(15(17)21)3-4-11(13)20-16-14-12(5-6-23-14)18-8-19-16/h3-4,7-9H,5-6H2,1-2H3,(H2,21,25)(H,22,23,24);5-10,12H,1-4H2,(H2,19,23)(H,20,21,22);2-4,7-9H,5-6H2,1H3,(H2,20,24)(H,21,22,23);4-10H,3H2,1-2H3,(H2,18,22)(H,19,20,21);2-4,7-9H,5-6H2,1H3,(H,20,21,22);3-9H,1-2H3,(H2,17,21)(H,18,19,20). The fourth-order valence-corrected chi connectivity index (χ4v) is 19.0. The number of nitrogens with two attached hydrogens (primary N) is 5. The van der Waals surface area contributed by atoms with E-state index in [1.807, 2.05) is 103 Å². The van der Waals surface area contributed by atoms with Gasteiger partial charge >= 0.3 is 0 Å². The Morgan fingerprint density at radius 1 is 0.362 bits per heavy atom. The molecule has 12 heterocycles. The van der Waals surface area contributed by atoms with Crippen LogP contribution in [0.25, 0.3) is 61.3 Å². The Morgan fingerprint density at radius 3 is 0.946 bits per heavy atom. The number of nitrogens with one attached hydrogen (secondary N) is 6. The van der Waals surface area contributed by atoms with Gasteiger partial charge in [-0.2, -0.15) is 0 Å². The summed E-state index contributed by atoms with van der Waals surface area (Å²) in [6.45, 7) is 11.6. The summed E-state index contributed by atoms with van der Waals surface area (Å²) >= 11 is 9.12. The molecule has 0 saturated heterocycles. The van der Waals surface area contributed by atoms with Crippen molar-refractivity contribution < 1.29 is 83.1 Å². The maximum Gasteiger partial charge on any atom is 0.248 e. The predicted octanol–water partition coefficient (Wildman–Crippen LogP) is 24.1. The lowest BCUT2D eigenvalue weighted by molar-refractivity contribution is 0.0000404. The minimum absolute atomic E-state index is 0.0147. The summed E-state index contributed by atoms with van der Waals surface area (Å²) in [5.74, 6) is -5.55. The molecule has 1 unspecified atom stereocenters. The maximum absolute atomic E-state index is 13.5. The molecule has 18 aromatic rings. The van der Waals surface area contributed by atoms with Gasteiger partial charge in [0, 0.05) is 53.1 Å². The average Bonchev–Trinajstić information content (AvgIpc) is 1.31. The van der Waals surface area contributed by atoms with Crippen molar-refractivity contribution in [1.82, 2.24) is 59.8 Å². The molecule has 1 saturated carbocycles. The summed E-state index contributed by atoms with van der Waals surface area (Å²) in [5.41, 5.74) is 38.2. The number of halogens is 7. The highest BCUT2D eigenvalue weighted by atomic mass is 32.1. The van der Waals surface area contributed by atoms with Crippen LogP contribution >= 0.6 is 68.0 Å². The molecule has 0 bridgehead atoms. The Balaban J connectivity index is 0.000000141. The van der Waals surface area contributed by atoms with Crippen LogP contribution in [0.3, 0.4) is 0 Å². The monoisotopic (exact) mass is 2150 g/mol. The largest absolute Gasteiger partial charge is 0.491 e. The number of hydrogen-bond donors (Lipinski definition) is 11. The zero-order valence-electron chi connectivity index (χ0n) is 81.1. The van der Waals surface area contributed by atoms with Gasteiger partial charge in [-0.15, -0.1) is 68.0 Å². The van der Waals surface area contributed by atoms with Crippen LogP contribution < -0.4 is 89.0 Å².